The Bertz CT molecular complexity index is 1040. The van der Waals surface area contributed by atoms with Crippen LogP contribution in [0.4, 0.5) is 0 Å². The summed E-state index contributed by atoms with van der Waals surface area (Å²) in [5, 5.41) is 18.4. The Morgan fingerprint density at radius 1 is 1.22 bits per heavy atom. The second kappa shape index (κ2) is 11.1. The second-order valence-corrected chi connectivity index (χ2v) is 12.3. The van der Waals surface area contributed by atoms with Crippen LogP contribution in [-0.4, -0.2) is 40.3 Å². The molecule has 1 aromatic carbocycles. The molecule has 1 aromatic heterocycles. The highest BCUT2D eigenvalue weighted by atomic mass is 35.5. The highest BCUT2D eigenvalue weighted by Crippen LogP contribution is 2.46. The average Bonchev–Trinajstić information content (AvgIpc) is 3.24. The topological polar surface area (TPSA) is 83.5 Å². The number of ether oxygens (including phenoxy) is 1. The Balaban J connectivity index is 1.51. The Labute approximate surface area is 220 Å². The van der Waals surface area contributed by atoms with E-state index in [0.717, 1.165) is 36.8 Å². The van der Waals surface area contributed by atoms with Crippen LogP contribution in [0.25, 0.3) is 0 Å². The fourth-order valence-corrected chi connectivity index (χ4v) is 5.75. The van der Waals surface area contributed by atoms with Crippen LogP contribution >= 0.6 is 11.6 Å². The Morgan fingerprint density at radius 3 is 2.56 bits per heavy atom. The van der Waals surface area contributed by atoms with Gasteiger partial charge in [-0.05, 0) is 73.3 Å². The zero-order valence-corrected chi connectivity index (χ0v) is 22.7. The summed E-state index contributed by atoms with van der Waals surface area (Å²) in [6, 6.07) is 9.35. The van der Waals surface area contributed by atoms with Crippen LogP contribution in [-0.2, 0) is 17.6 Å². The minimum absolute atomic E-state index is 0.0300. The smallest absolute Gasteiger partial charge is 0.218 e. The van der Waals surface area contributed by atoms with Gasteiger partial charge in [0.05, 0.1) is 12.1 Å². The molecule has 1 spiro atoms. The van der Waals surface area contributed by atoms with Gasteiger partial charge in [0.2, 0.25) is 11.8 Å². The summed E-state index contributed by atoms with van der Waals surface area (Å²) in [6.45, 7) is 8.51. The lowest BCUT2D eigenvalue weighted by Gasteiger charge is -2.40. The first-order valence-electron chi connectivity index (χ1n) is 13.1. The van der Waals surface area contributed by atoms with E-state index in [-0.39, 0.29) is 23.0 Å². The predicted molar refractivity (Wildman–Crippen MR) is 143 cm³/mol. The molecule has 3 atom stereocenters. The molecule has 4 rings (SSSR count). The monoisotopic (exact) mass is 513 g/mol. The molecular weight excluding hydrogens is 474 g/mol. The number of hydrogen-bond acceptors (Lipinski definition) is 5. The molecular formula is C29H40ClN3O3. The van der Waals surface area contributed by atoms with E-state index < -0.39 is 12.1 Å². The van der Waals surface area contributed by atoms with E-state index in [1.165, 1.54) is 25.3 Å². The normalized spacial score (nSPS) is 20.4. The van der Waals surface area contributed by atoms with Gasteiger partial charge in [0.1, 0.15) is 5.60 Å². The first kappa shape index (κ1) is 26.9. The van der Waals surface area contributed by atoms with E-state index in [9.17, 15) is 9.90 Å². The largest absolute Gasteiger partial charge is 0.471 e. The number of fused-ring (bicyclic) bond motifs is 1. The molecule has 0 unspecified atom stereocenters. The minimum Gasteiger partial charge on any atom is -0.471 e. The summed E-state index contributed by atoms with van der Waals surface area (Å²) in [4.78, 5) is 16.6. The van der Waals surface area contributed by atoms with Crippen molar-refractivity contribution >= 4 is 17.5 Å². The number of aromatic nitrogens is 1. The van der Waals surface area contributed by atoms with Crippen molar-refractivity contribution in [2.45, 2.75) is 96.4 Å². The first-order chi connectivity index (χ1) is 17.0. The van der Waals surface area contributed by atoms with Crippen molar-refractivity contribution in [3.8, 4) is 5.88 Å². The highest BCUT2D eigenvalue weighted by Gasteiger charge is 2.44. The fourth-order valence-electron chi connectivity index (χ4n) is 5.62. The fraction of sp³-hybridized carbons (Fsp3) is 0.586. The minimum atomic E-state index is -0.763. The number of carbonyl (C=O) groups is 1. The number of nitrogens with zero attached hydrogens (tertiary/aromatic N) is 1. The molecule has 1 aliphatic carbocycles. The lowest BCUT2D eigenvalue weighted by Crippen LogP contribution is -2.50. The zero-order valence-electron chi connectivity index (χ0n) is 21.9. The molecule has 6 nitrogen and oxygen atoms in total. The summed E-state index contributed by atoms with van der Waals surface area (Å²) in [5.41, 5.74) is 3.24. The molecule has 2 heterocycles. The molecule has 0 saturated heterocycles. The van der Waals surface area contributed by atoms with Gasteiger partial charge < -0.3 is 20.5 Å². The van der Waals surface area contributed by atoms with E-state index in [4.69, 9.17) is 21.3 Å². The molecule has 3 N–H and O–H groups in total. The van der Waals surface area contributed by atoms with Gasteiger partial charge in [-0.1, -0.05) is 44.5 Å². The van der Waals surface area contributed by atoms with Crippen molar-refractivity contribution in [1.82, 2.24) is 15.6 Å². The van der Waals surface area contributed by atoms with Crippen LogP contribution in [0.2, 0.25) is 5.02 Å². The van der Waals surface area contributed by atoms with Gasteiger partial charge in [-0.25, -0.2) is 4.98 Å². The van der Waals surface area contributed by atoms with Crippen molar-refractivity contribution in [3.05, 3.63) is 58.2 Å². The molecule has 2 aliphatic rings. The summed E-state index contributed by atoms with van der Waals surface area (Å²) in [5.74, 6) is 0.553. The van der Waals surface area contributed by atoms with Gasteiger partial charge in [0.25, 0.3) is 0 Å². The van der Waals surface area contributed by atoms with E-state index in [1.807, 2.05) is 30.5 Å². The molecule has 2 aromatic rings. The first-order valence-corrected chi connectivity index (χ1v) is 13.5. The molecule has 0 bridgehead atoms. The third-order valence-corrected chi connectivity index (χ3v) is 7.50. The van der Waals surface area contributed by atoms with Gasteiger partial charge in [-0.2, -0.15) is 0 Å². The van der Waals surface area contributed by atoms with Gasteiger partial charge in [-0.15, -0.1) is 0 Å². The number of nitrogens with one attached hydrogen (secondary N) is 2. The number of carbonyl (C=O) groups excluding carboxylic acids is 1. The quantitative estimate of drug-likeness (QED) is 0.454. The summed E-state index contributed by atoms with van der Waals surface area (Å²) in [6.07, 6.45) is 7.88. The third kappa shape index (κ3) is 6.99. The van der Waals surface area contributed by atoms with Crippen LogP contribution in [0, 0.1) is 5.41 Å². The van der Waals surface area contributed by atoms with Crippen LogP contribution in [0.1, 0.15) is 82.5 Å². The average molecular weight is 514 g/mol. The standard InChI is InChI=1S/C29H40ClN3O3/c1-19(34)33-24(14-20-7-9-22(30)10-8-20)26(35)18-31-25-16-29(11-5-6-12-29)36-27-23(25)13-21(17-32-27)15-28(2,3)4/h7-10,13,17,24-26,31,35H,5-6,11-12,14-16,18H2,1-4H3,(H,33,34)/t24-,25-,26+/m0/s1. The Hall–Kier alpha value is -2.15. The number of halogens is 1. The maximum absolute atomic E-state index is 11.9. The van der Waals surface area contributed by atoms with Gasteiger partial charge in [-0.3, -0.25) is 4.79 Å². The number of hydrogen-bond donors (Lipinski definition) is 3. The van der Waals surface area contributed by atoms with Crippen molar-refractivity contribution in [3.63, 3.8) is 0 Å². The van der Waals surface area contributed by atoms with Gasteiger partial charge in [0, 0.05) is 42.7 Å². The predicted octanol–water partition coefficient (Wildman–Crippen LogP) is 5.16. The van der Waals surface area contributed by atoms with Crippen LogP contribution in [0.3, 0.4) is 0 Å². The lowest BCUT2D eigenvalue weighted by atomic mass is 9.84. The van der Waals surface area contributed by atoms with E-state index in [2.05, 4.69) is 37.5 Å². The molecule has 7 heteroatoms. The molecule has 1 aliphatic heterocycles. The van der Waals surface area contributed by atoms with Crippen molar-refractivity contribution in [2.24, 2.45) is 5.41 Å². The molecule has 1 fully saturated rings. The zero-order chi connectivity index (χ0) is 25.9. The van der Waals surface area contributed by atoms with Crippen LogP contribution in [0.5, 0.6) is 5.88 Å². The van der Waals surface area contributed by atoms with Crippen LogP contribution in [0.15, 0.2) is 36.5 Å². The van der Waals surface area contributed by atoms with Crippen LogP contribution < -0.4 is 15.4 Å². The van der Waals surface area contributed by atoms with E-state index in [0.29, 0.717) is 23.9 Å². The second-order valence-electron chi connectivity index (χ2n) is 11.8. The van der Waals surface area contributed by atoms with Gasteiger partial charge >= 0.3 is 0 Å². The number of benzene rings is 1. The molecule has 36 heavy (non-hydrogen) atoms. The number of pyridine rings is 1. The summed E-state index contributed by atoms with van der Waals surface area (Å²) >= 11 is 6.03. The lowest BCUT2D eigenvalue weighted by molar-refractivity contribution is -0.120. The van der Waals surface area contributed by atoms with E-state index in [1.54, 1.807) is 0 Å². The maximum atomic E-state index is 11.9. The SMILES string of the molecule is CC(=O)N[C@@H](Cc1ccc(Cl)cc1)[C@H](O)CN[C@H]1CC2(CCCC2)Oc2ncc(CC(C)(C)C)cc21. The maximum Gasteiger partial charge on any atom is 0.218 e. The number of rotatable bonds is 8. The van der Waals surface area contributed by atoms with Gasteiger partial charge in [0.15, 0.2) is 0 Å². The number of aliphatic hydroxyl groups is 1. The van der Waals surface area contributed by atoms with Crippen molar-refractivity contribution < 1.29 is 14.6 Å². The molecule has 1 saturated carbocycles. The van der Waals surface area contributed by atoms with Crippen molar-refractivity contribution in [2.75, 3.05) is 6.54 Å². The number of aliphatic hydroxyl groups excluding tert-OH is 1. The third-order valence-electron chi connectivity index (χ3n) is 7.24. The Kier molecular flexibility index (Phi) is 8.28. The number of amides is 1. The summed E-state index contributed by atoms with van der Waals surface area (Å²) in [7, 11) is 0. The Morgan fingerprint density at radius 2 is 1.92 bits per heavy atom. The molecule has 1 amide bonds. The van der Waals surface area contributed by atoms with Crippen molar-refractivity contribution in [1.29, 1.82) is 0 Å². The molecule has 0 radical (unpaired) electrons. The highest BCUT2D eigenvalue weighted by molar-refractivity contribution is 6.30. The summed E-state index contributed by atoms with van der Waals surface area (Å²) < 4.78 is 6.51. The molecule has 196 valence electrons. The van der Waals surface area contributed by atoms with E-state index >= 15 is 0 Å².